The summed E-state index contributed by atoms with van der Waals surface area (Å²) < 4.78 is 0. The van der Waals surface area contributed by atoms with Gasteiger partial charge in [0.1, 0.15) is 26.2 Å². The number of fused-ring (bicyclic) bond motifs is 1. The summed E-state index contributed by atoms with van der Waals surface area (Å²) in [6.07, 6.45) is 0. The Morgan fingerprint density at radius 2 is 1.75 bits per heavy atom. The maximum atomic E-state index is 13.4. The summed E-state index contributed by atoms with van der Waals surface area (Å²) in [4.78, 5) is 29.5. The van der Waals surface area contributed by atoms with Crippen molar-refractivity contribution in [1.82, 2.24) is 5.32 Å². The van der Waals surface area contributed by atoms with Gasteiger partial charge in [0, 0.05) is 19.0 Å². The maximum Gasteiger partial charge on any atom is 0.284 e. The van der Waals surface area contributed by atoms with Crippen molar-refractivity contribution in [2.75, 3.05) is 51.2 Å². The molecule has 3 N–H and O–H groups in total. The molecule has 1 atom stereocenters. The van der Waals surface area contributed by atoms with Crippen LogP contribution in [-0.4, -0.2) is 64.2 Å². The van der Waals surface area contributed by atoms with E-state index in [1.54, 1.807) is 7.05 Å². The Morgan fingerprint density at radius 3 is 2.43 bits per heavy atom. The molecule has 1 aliphatic heterocycles. The number of nitrogens with zero attached hydrogens (tertiary/aromatic N) is 1. The van der Waals surface area contributed by atoms with E-state index in [1.165, 1.54) is 9.80 Å². The second kappa shape index (κ2) is 9.17. The van der Waals surface area contributed by atoms with Gasteiger partial charge in [0.05, 0.1) is 5.69 Å². The number of carbonyl (C=O) groups excluding carboxylic acids is 2. The van der Waals surface area contributed by atoms with E-state index in [4.69, 9.17) is 0 Å². The zero-order valence-electron chi connectivity index (χ0n) is 17.1. The number of carbonyl (C=O) groups is 2. The maximum absolute atomic E-state index is 13.4. The van der Waals surface area contributed by atoms with Crippen molar-refractivity contribution in [3.63, 3.8) is 0 Å². The lowest BCUT2D eigenvalue weighted by atomic mass is 10.1. The minimum absolute atomic E-state index is 0.0793. The molecule has 1 aliphatic rings. The molecule has 0 radical (unpaired) electrons. The molecule has 1 saturated heterocycles. The van der Waals surface area contributed by atoms with Crippen LogP contribution in [0.4, 0.5) is 5.69 Å². The highest BCUT2D eigenvalue weighted by Crippen LogP contribution is 2.26. The van der Waals surface area contributed by atoms with Crippen LogP contribution >= 0.6 is 0 Å². The first-order chi connectivity index (χ1) is 13.5. The summed E-state index contributed by atoms with van der Waals surface area (Å²) >= 11 is 0. The molecule has 150 valence electrons. The van der Waals surface area contributed by atoms with Gasteiger partial charge in [-0.1, -0.05) is 36.4 Å². The fourth-order valence-corrected chi connectivity index (χ4v) is 4.15. The number of benzene rings is 2. The molecular weight excluding hydrogens is 352 g/mol. The third kappa shape index (κ3) is 4.34. The first-order valence-electron chi connectivity index (χ1n) is 10.2. The second-order valence-electron chi connectivity index (χ2n) is 7.56. The van der Waals surface area contributed by atoms with Gasteiger partial charge in [0.15, 0.2) is 12.6 Å². The largest absolute Gasteiger partial charge is 0.354 e. The van der Waals surface area contributed by atoms with E-state index in [2.05, 4.69) is 23.5 Å². The van der Waals surface area contributed by atoms with Crippen LogP contribution in [0.3, 0.4) is 0 Å². The van der Waals surface area contributed by atoms with Crippen molar-refractivity contribution in [2.24, 2.45) is 0 Å². The van der Waals surface area contributed by atoms with Crippen molar-refractivity contribution in [2.45, 2.75) is 19.9 Å². The van der Waals surface area contributed by atoms with Crippen LogP contribution < -0.4 is 20.0 Å². The van der Waals surface area contributed by atoms with Crippen LogP contribution in [-0.2, 0) is 9.59 Å². The quantitative estimate of drug-likeness (QED) is 0.605. The highest BCUT2D eigenvalue weighted by molar-refractivity contribution is 6.04. The minimum atomic E-state index is -0.0968. The van der Waals surface area contributed by atoms with Gasteiger partial charge in [0.2, 0.25) is 0 Å². The van der Waals surface area contributed by atoms with Gasteiger partial charge < -0.3 is 20.0 Å². The van der Waals surface area contributed by atoms with Gasteiger partial charge >= 0.3 is 0 Å². The molecule has 28 heavy (non-hydrogen) atoms. The lowest BCUT2D eigenvalue weighted by Gasteiger charge is -2.34. The van der Waals surface area contributed by atoms with Crippen molar-refractivity contribution in [3.05, 3.63) is 42.5 Å². The van der Waals surface area contributed by atoms with Gasteiger partial charge in [-0.25, -0.2) is 0 Å². The lowest BCUT2D eigenvalue weighted by Crippen LogP contribution is -3.30. The molecule has 6 heteroatoms. The molecule has 2 aromatic carbocycles. The summed E-state index contributed by atoms with van der Waals surface area (Å²) in [7, 11) is 1.68. The van der Waals surface area contributed by atoms with Gasteiger partial charge in [0.25, 0.3) is 11.8 Å². The van der Waals surface area contributed by atoms with E-state index >= 15 is 0 Å². The van der Waals surface area contributed by atoms with E-state index in [-0.39, 0.29) is 17.9 Å². The highest BCUT2D eigenvalue weighted by Gasteiger charge is 2.34. The average molecular weight is 385 g/mol. The highest BCUT2D eigenvalue weighted by atomic mass is 16.2. The molecule has 2 amide bonds. The predicted molar refractivity (Wildman–Crippen MR) is 112 cm³/mol. The van der Waals surface area contributed by atoms with Crippen LogP contribution in [0.2, 0.25) is 0 Å². The summed E-state index contributed by atoms with van der Waals surface area (Å²) in [5, 5.41) is 4.96. The van der Waals surface area contributed by atoms with E-state index in [0.29, 0.717) is 13.1 Å². The molecule has 0 saturated carbocycles. The van der Waals surface area contributed by atoms with Crippen molar-refractivity contribution >= 4 is 28.3 Å². The first-order valence-corrected chi connectivity index (χ1v) is 10.2. The Kier molecular flexibility index (Phi) is 6.65. The number of nitrogens with one attached hydrogen (secondary N) is 3. The number of quaternary nitrogens is 2. The van der Waals surface area contributed by atoms with E-state index < -0.39 is 0 Å². The fraction of sp³-hybridized carbons (Fsp3) is 0.455. The van der Waals surface area contributed by atoms with Crippen molar-refractivity contribution in [3.8, 4) is 0 Å². The van der Waals surface area contributed by atoms with Gasteiger partial charge in [-0.05, 0) is 25.3 Å². The molecule has 0 unspecified atom stereocenters. The summed E-state index contributed by atoms with van der Waals surface area (Å²) in [5.41, 5.74) is 0.987. The zero-order chi connectivity index (χ0) is 20.1. The second-order valence-corrected chi connectivity index (χ2v) is 7.56. The molecule has 0 bridgehead atoms. The molecule has 6 nitrogen and oxygen atoms in total. The Bertz CT molecular complexity index is 825. The molecule has 1 heterocycles. The molecule has 2 aromatic rings. The first kappa shape index (κ1) is 20.3. The third-order valence-corrected chi connectivity index (χ3v) is 5.91. The smallest absolute Gasteiger partial charge is 0.284 e. The number of piperazine rings is 1. The molecule has 0 aliphatic carbocycles. The summed E-state index contributed by atoms with van der Waals surface area (Å²) in [6, 6.07) is 14.3. The fourth-order valence-electron chi connectivity index (χ4n) is 4.15. The Morgan fingerprint density at radius 1 is 1.07 bits per heavy atom. The number of amides is 2. The van der Waals surface area contributed by atoms with Crippen LogP contribution in [0.5, 0.6) is 0 Å². The third-order valence-electron chi connectivity index (χ3n) is 5.91. The van der Waals surface area contributed by atoms with E-state index in [1.807, 2.05) is 43.0 Å². The zero-order valence-corrected chi connectivity index (χ0v) is 17.1. The molecular formula is C22H32N4O2+2. The van der Waals surface area contributed by atoms with E-state index in [9.17, 15) is 9.59 Å². The van der Waals surface area contributed by atoms with Crippen LogP contribution in [0, 0.1) is 0 Å². The minimum Gasteiger partial charge on any atom is -0.354 e. The SMILES string of the molecule is CCN(C(=O)[C@@H](C)[NH+]1CC[NH+](CC(=O)NC)CC1)c1cccc2ccccc12. The van der Waals surface area contributed by atoms with E-state index in [0.717, 1.165) is 42.6 Å². The van der Waals surface area contributed by atoms with Gasteiger partial charge in [-0.2, -0.15) is 0 Å². The number of anilines is 1. The summed E-state index contributed by atoms with van der Waals surface area (Å²) in [5.74, 6) is 0.249. The van der Waals surface area contributed by atoms with Crippen LogP contribution in [0.15, 0.2) is 42.5 Å². The predicted octanol–water partition coefficient (Wildman–Crippen LogP) is -0.889. The Hall–Kier alpha value is -2.44. The molecule has 1 fully saturated rings. The van der Waals surface area contributed by atoms with Gasteiger partial charge in [-0.15, -0.1) is 0 Å². The number of hydrogen-bond donors (Lipinski definition) is 3. The van der Waals surface area contributed by atoms with Crippen LogP contribution in [0.1, 0.15) is 13.8 Å². The Labute approximate surface area is 167 Å². The van der Waals surface area contributed by atoms with Gasteiger partial charge in [-0.3, -0.25) is 9.59 Å². The molecule has 3 rings (SSSR count). The Balaban J connectivity index is 1.70. The van der Waals surface area contributed by atoms with Crippen molar-refractivity contribution in [1.29, 1.82) is 0 Å². The summed E-state index contributed by atoms with van der Waals surface area (Å²) in [6.45, 7) is 8.89. The van der Waals surface area contributed by atoms with Crippen LogP contribution in [0.25, 0.3) is 10.8 Å². The number of rotatable bonds is 6. The standard InChI is InChI=1S/C22H30N4O2/c1-4-26(20-11-7-9-18-8-5-6-10-19(18)20)22(28)17(2)25-14-12-24(13-15-25)16-21(27)23-3/h5-11,17H,4,12-16H2,1-3H3,(H,23,27)/p+2/t17-/m1/s1. The average Bonchev–Trinajstić information content (AvgIpc) is 2.74. The number of likely N-dealkylation sites (N-methyl/N-ethyl adjacent to an activating group) is 2. The number of hydrogen-bond acceptors (Lipinski definition) is 2. The molecule has 0 spiro atoms. The monoisotopic (exact) mass is 384 g/mol. The topological polar surface area (TPSA) is 58.3 Å². The normalized spacial score (nSPS) is 20.5. The molecule has 0 aromatic heterocycles. The van der Waals surface area contributed by atoms with Crippen molar-refractivity contribution < 1.29 is 19.4 Å². The lowest BCUT2D eigenvalue weighted by molar-refractivity contribution is -1.01.